The Kier molecular flexibility index (Phi) is 7.19. The van der Waals surface area contributed by atoms with Crippen LogP contribution in [0.3, 0.4) is 0 Å². The third kappa shape index (κ3) is 6.14. The molecule has 1 rings (SSSR count). The van der Waals surface area contributed by atoms with Crippen LogP contribution in [0.1, 0.15) is 26.7 Å². The van der Waals surface area contributed by atoms with Crippen LogP contribution in [-0.4, -0.2) is 42.0 Å². The van der Waals surface area contributed by atoms with Crippen LogP contribution < -0.4 is 10.1 Å². The molecule has 1 aromatic carbocycles. The van der Waals surface area contributed by atoms with Crippen molar-refractivity contribution in [2.75, 3.05) is 19.8 Å². The Labute approximate surface area is 125 Å². The quantitative estimate of drug-likeness (QED) is 0.601. The first-order valence-electron chi connectivity index (χ1n) is 7.22. The van der Waals surface area contributed by atoms with E-state index in [2.05, 4.69) is 5.32 Å². The second-order valence-corrected chi connectivity index (χ2v) is 5.71. The summed E-state index contributed by atoms with van der Waals surface area (Å²) in [6.45, 7) is 4.11. The van der Waals surface area contributed by atoms with Crippen molar-refractivity contribution in [2.24, 2.45) is 5.41 Å². The zero-order chi connectivity index (χ0) is 15.7. The maximum atomic E-state index is 11.7. The molecule has 0 unspecified atom stereocenters. The topological polar surface area (TPSA) is 78.8 Å². The fourth-order valence-electron chi connectivity index (χ4n) is 1.68. The lowest BCUT2D eigenvalue weighted by Gasteiger charge is -2.27. The lowest BCUT2D eigenvalue weighted by atomic mass is 9.87. The Morgan fingerprint density at radius 3 is 2.57 bits per heavy atom. The number of aliphatic hydroxyl groups is 2. The molecule has 0 aliphatic heterocycles. The summed E-state index contributed by atoms with van der Waals surface area (Å²) in [4.78, 5) is 11.7. The number of ether oxygens (including phenoxy) is 1. The maximum absolute atomic E-state index is 11.7. The first-order chi connectivity index (χ1) is 9.97. The van der Waals surface area contributed by atoms with Gasteiger partial charge in [-0.15, -0.1) is 0 Å². The number of hydrogen-bond acceptors (Lipinski definition) is 4. The number of amides is 1. The molecule has 0 aliphatic carbocycles. The Bertz CT molecular complexity index is 420. The molecule has 0 spiro atoms. The number of carbonyl (C=O) groups is 1. The first kappa shape index (κ1) is 17.5. The number of rotatable bonds is 9. The van der Waals surface area contributed by atoms with Gasteiger partial charge in [-0.25, -0.2) is 0 Å². The van der Waals surface area contributed by atoms with Gasteiger partial charge >= 0.3 is 0 Å². The molecule has 0 bridgehead atoms. The Morgan fingerprint density at radius 2 is 1.95 bits per heavy atom. The SMILES string of the molecule is CC(C)(CO)[C@@H](O)C(=O)NCCCCOc1ccccc1. The number of carbonyl (C=O) groups excluding carboxylic acids is 1. The second-order valence-electron chi connectivity index (χ2n) is 5.71. The summed E-state index contributed by atoms with van der Waals surface area (Å²) in [5, 5.41) is 21.6. The van der Waals surface area contributed by atoms with E-state index in [-0.39, 0.29) is 6.61 Å². The van der Waals surface area contributed by atoms with Crippen LogP contribution in [0.15, 0.2) is 30.3 Å². The minimum absolute atomic E-state index is 0.244. The molecule has 3 N–H and O–H groups in total. The van der Waals surface area contributed by atoms with E-state index in [1.54, 1.807) is 13.8 Å². The molecule has 5 heteroatoms. The van der Waals surface area contributed by atoms with Gasteiger partial charge in [0.1, 0.15) is 11.9 Å². The van der Waals surface area contributed by atoms with Crippen LogP contribution in [0.2, 0.25) is 0 Å². The van der Waals surface area contributed by atoms with Crippen LogP contribution in [0.25, 0.3) is 0 Å². The van der Waals surface area contributed by atoms with Gasteiger partial charge in [0.25, 0.3) is 0 Å². The highest BCUT2D eigenvalue weighted by Gasteiger charge is 2.32. The van der Waals surface area contributed by atoms with Gasteiger partial charge in [0.05, 0.1) is 13.2 Å². The molecule has 5 nitrogen and oxygen atoms in total. The van der Waals surface area contributed by atoms with Gasteiger partial charge in [0.2, 0.25) is 5.91 Å². The molecule has 1 amide bonds. The van der Waals surface area contributed by atoms with Crippen molar-refractivity contribution in [3.05, 3.63) is 30.3 Å². The number of unbranched alkanes of at least 4 members (excludes halogenated alkanes) is 1. The minimum Gasteiger partial charge on any atom is -0.494 e. The van der Waals surface area contributed by atoms with Gasteiger partial charge in [0.15, 0.2) is 0 Å². The normalized spacial score (nSPS) is 12.8. The summed E-state index contributed by atoms with van der Waals surface area (Å²) in [6.07, 6.45) is 0.377. The van der Waals surface area contributed by atoms with Crippen LogP contribution in [0.5, 0.6) is 5.75 Å². The van der Waals surface area contributed by atoms with Crippen molar-refractivity contribution in [1.82, 2.24) is 5.32 Å². The van der Waals surface area contributed by atoms with Crippen molar-refractivity contribution >= 4 is 5.91 Å². The third-order valence-electron chi connectivity index (χ3n) is 3.28. The lowest BCUT2D eigenvalue weighted by Crippen LogP contribution is -2.45. The fourth-order valence-corrected chi connectivity index (χ4v) is 1.68. The van der Waals surface area contributed by atoms with E-state index in [0.29, 0.717) is 13.2 Å². The smallest absolute Gasteiger partial charge is 0.249 e. The summed E-state index contributed by atoms with van der Waals surface area (Å²) < 4.78 is 5.54. The van der Waals surface area contributed by atoms with Gasteiger partial charge in [-0.1, -0.05) is 32.0 Å². The predicted molar refractivity (Wildman–Crippen MR) is 81.1 cm³/mol. The average Bonchev–Trinajstić information content (AvgIpc) is 2.50. The second kappa shape index (κ2) is 8.64. The van der Waals surface area contributed by atoms with Crippen LogP contribution >= 0.6 is 0 Å². The molecular weight excluding hydrogens is 270 g/mol. The van der Waals surface area contributed by atoms with E-state index in [9.17, 15) is 9.90 Å². The summed E-state index contributed by atoms with van der Waals surface area (Å²) in [6, 6.07) is 9.56. The number of nitrogens with one attached hydrogen (secondary N) is 1. The zero-order valence-corrected chi connectivity index (χ0v) is 12.7. The number of aliphatic hydroxyl groups excluding tert-OH is 2. The van der Waals surface area contributed by atoms with Crippen LogP contribution in [0, 0.1) is 5.41 Å². The van der Waals surface area contributed by atoms with Crippen molar-refractivity contribution < 1.29 is 19.7 Å². The average molecular weight is 295 g/mol. The van der Waals surface area contributed by atoms with Gasteiger partial charge < -0.3 is 20.3 Å². The molecule has 21 heavy (non-hydrogen) atoms. The molecule has 0 heterocycles. The van der Waals surface area contributed by atoms with E-state index in [1.807, 2.05) is 30.3 Å². The van der Waals surface area contributed by atoms with Crippen molar-refractivity contribution in [2.45, 2.75) is 32.8 Å². The minimum atomic E-state index is -1.21. The summed E-state index contributed by atoms with van der Waals surface area (Å²) in [5.74, 6) is 0.389. The molecule has 0 saturated carbocycles. The highest BCUT2D eigenvalue weighted by atomic mass is 16.5. The number of hydrogen-bond donors (Lipinski definition) is 3. The van der Waals surface area contributed by atoms with Gasteiger partial charge in [-0.3, -0.25) is 4.79 Å². The zero-order valence-electron chi connectivity index (χ0n) is 12.7. The van der Waals surface area contributed by atoms with E-state index >= 15 is 0 Å². The number of benzene rings is 1. The molecule has 1 aromatic rings. The first-order valence-corrected chi connectivity index (χ1v) is 7.22. The van der Waals surface area contributed by atoms with Gasteiger partial charge in [0, 0.05) is 12.0 Å². The van der Waals surface area contributed by atoms with Crippen LogP contribution in [0.4, 0.5) is 0 Å². The summed E-state index contributed by atoms with van der Waals surface area (Å²) in [7, 11) is 0. The standard InChI is InChI=1S/C16H25NO4/c1-16(2,12-18)14(19)15(20)17-10-6-7-11-21-13-8-4-3-5-9-13/h3-5,8-9,14,18-19H,6-7,10-12H2,1-2H3,(H,17,20)/t14-/m0/s1. The predicted octanol–water partition coefficient (Wildman–Crippen LogP) is 1.34. The fraction of sp³-hybridized carbons (Fsp3) is 0.562. The molecule has 0 aromatic heterocycles. The van der Waals surface area contributed by atoms with E-state index < -0.39 is 17.4 Å². The monoisotopic (exact) mass is 295 g/mol. The molecule has 0 aliphatic rings. The summed E-state index contributed by atoms with van der Waals surface area (Å²) >= 11 is 0. The van der Waals surface area contributed by atoms with E-state index in [4.69, 9.17) is 9.84 Å². The summed E-state index contributed by atoms with van der Waals surface area (Å²) in [5.41, 5.74) is -0.833. The largest absolute Gasteiger partial charge is 0.494 e. The number of para-hydroxylation sites is 1. The van der Waals surface area contributed by atoms with Gasteiger partial charge in [-0.2, -0.15) is 0 Å². The Morgan fingerprint density at radius 1 is 1.29 bits per heavy atom. The third-order valence-corrected chi connectivity index (χ3v) is 3.28. The Balaban J connectivity index is 2.13. The molecule has 1 atom stereocenters. The molecule has 0 saturated heterocycles. The Hall–Kier alpha value is -1.59. The van der Waals surface area contributed by atoms with Crippen LogP contribution in [-0.2, 0) is 4.79 Å². The highest BCUT2D eigenvalue weighted by molar-refractivity contribution is 5.81. The van der Waals surface area contributed by atoms with E-state index in [0.717, 1.165) is 18.6 Å². The van der Waals surface area contributed by atoms with Gasteiger partial charge in [-0.05, 0) is 25.0 Å². The molecular formula is C16H25NO4. The molecule has 118 valence electrons. The van der Waals surface area contributed by atoms with E-state index in [1.165, 1.54) is 0 Å². The highest BCUT2D eigenvalue weighted by Crippen LogP contribution is 2.19. The van der Waals surface area contributed by atoms with Crippen molar-refractivity contribution in [3.63, 3.8) is 0 Å². The molecule has 0 fully saturated rings. The van der Waals surface area contributed by atoms with Crippen molar-refractivity contribution in [1.29, 1.82) is 0 Å². The van der Waals surface area contributed by atoms with Crippen molar-refractivity contribution in [3.8, 4) is 5.75 Å². The maximum Gasteiger partial charge on any atom is 0.249 e. The lowest BCUT2D eigenvalue weighted by molar-refractivity contribution is -0.137. The molecule has 0 radical (unpaired) electrons.